The summed E-state index contributed by atoms with van der Waals surface area (Å²) in [6.45, 7) is 0.960. The van der Waals surface area contributed by atoms with Crippen LogP contribution in [0.25, 0.3) is 0 Å². The molecule has 0 saturated carbocycles. The van der Waals surface area contributed by atoms with Crippen LogP contribution in [0.5, 0.6) is 0 Å². The first kappa shape index (κ1) is 22.8. The number of hydrogen-bond donors (Lipinski definition) is 0. The zero-order valence-electron chi connectivity index (χ0n) is 16.6. The van der Waals surface area contributed by atoms with Crippen LogP contribution < -0.4 is 0 Å². The third-order valence-corrected chi connectivity index (χ3v) is 14.0. The Morgan fingerprint density at radius 2 is 1.12 bits per heavy atom. The Morgan fingerprint density at radius 3 is 1.47 bits per heavy atom. The fraction of sp³-hybridized carbons (Fsp3) is 0.182. The van der Waals surface area contributed by atoms with Crippen molar-refractivity contribution in [1.29, 1.82) is 0 Å². The quantitative estimate of drug-likeness (QED) is 0.224. The molecule has 166 valence electrons. The van der Waals surface area contributed by atoms with Gasteiger partial charge in [-0.25, -0.2) is 0 Å². The van der Waals surface area contributed by atoms with Gasteiger partial charge < -0.3 is 0 Å². The van der Waals surface area contributed by atoms with Gasteiger partial charge in [-0.15, -0.1) is 0 Å². The van der Waals surface area contributed by atoms with Gasteiger partial charge in [0.15, 0.2) is 0 Å². The molecule has 0 amide bonds. The van der Waals surface area contributed by atoms with E-state index >= 15 is 0 Å². The first-order valence-corrected chi connectivity index (χ1v) is 15.9. The van der Waals surface area contributed by atoms with Crippen molar-refractivity contribution in [3.05, 3.63) is 108 Å². The van der Waals surface area contributed by atoms with Crippen molar-refractivity contribution in [1.82, 2.24) is 19.1 Å². The van der Waals surface area contributed by atoms with E-state index in [0.29, 0.717) is 24.2 Å². The van der Waals surface area contributed by atoms with Crippen molar-refractivity contribution < 1.29 is 17.6 Å². The van der Waals surface area contributed by atoms with Crippen LogP contribution in [0.2, 0.25) is 0 Å². The number of imidazole rings is 2. The Hall–Kier alpha value is -2.38. The zero-order valence-corrected chi connectivity index (χ0v) is 20.0. The van der Waals surface area contributed by atoms with Gasteiger partial charge in [0.1, 0.15) is 0 Å². The summed E-state index contributed by atoms with van der Waals surface area (Å²) >= 11 is -0.274. The molecule has 0 bridgehead atoms. The number of halogens is 4. The van der Waals surface area contributed by atoms with Crippen LogP contribution in [-0.4, -0.2) is 45.4 Å². The number of nitrogens with zero attached hydrogens (tertiary/aromatic N) is 4. The zero-order chi connectivity index (χ0) is 22.5. The normalized spacial score (nSPS) is 13.2. The second-order valence-electron chi connectivity index (χ2n) is 7.02. The van der Waals surface area contributed by atoms with E-state index in [2.05, 4.69) is 9.97 Å². The molecule has 0 spiro atoms. The molecule has 0 aliphatic rings. The van der Waals surface area contributed by atoms with E-state index in [0.717, 1.165) is 12.1 Å². The van der Waals surface area contributed by atoms with Crippen molar-refractivity contribution in [2.75, 3.05) is 0 Å². The average Bonchev–Trinajstić information content (AvgIpc) is 3.45. The molecule has 4 rings (SSSR count). The van der Waals surface area contributed by atoms with E-state index in [4.69, 9.17) is 0 Å². The van der Waals surface area contributed by atoms with Crippen molar-refractivity contribution in [2.45, 2.75) is 22.7 Å². The van der Waals surface area contributed by atoms with Gasteiger partial charge in [0, 0.05) is 0 Å². The summed E-state index contributed by atoms with van der Waals surface area (Å²) in [6.07, 6.45) is 10.2. The molecule has 2 heterocycles. The molecule has 0 radical (unpaired) electrons. The van der Waals surface area contributed by atoms with Gasteiger partial charge in [-0.2, -0.15) is 0 Å². The second-order valence-corrected chi connectivity index (χ2v) is 14.4. The third-order valence-electron chi connectivity index (χ3n) is 4.78. The van der Waals surface area contributed by atoms with E-state index in [1.165, 1.54) is 24.3 Å². The average molecular weight is 572 g/mol. The van der Waals surface area contributed by atoms with Crippen LogP contribution in [0.15, 0.2) is 73.8 Å². The number of benzene rings is 2. The van der Waals surface area contributed by atoms with Crippen LogP contribution in [0.3, 0.4) is 0 Å². The van der Waals surface area contributed by atoms with Gasteiger partial charge in [0.25, 0.3) is 0 Å². The topological polar surface area (TPSA) is 35.6 Å². The first-order chi connectivity index (χ1) is 15.5. The van der Waals surface area contributed by atoms with Gasteiger partial charge in [-0.05, 0) is 0 Å². The minimum atomic E-state index is -0.628. The van der Waals surface area contributed by atoms with Crippen molar-refractivity contribution in [3.8, 4) is 0 Å². The summed E-state index contributed by atoms with van der Waals surface area (Å²) in [5.74, 6) is -2.44. The Morgan fingerprint density at radius 1 is 0.688 bits per heavy atom. The van der Waals surface area contributed by atoms with Crippen LogP contribution >= 0.6 is 0 Å². The predicted octanol–water partition coefficient (Wildman–Crippen LogP) is 4.14. The molecule has 32 heavy (non-hydrogen) atoms. The summed E-state index contributed by atoms with van der Waals surface area (Å²) in [6, 6.07) is 7.25. The first-order valence-electron chi connectivity index (χ1n) is 9.63. The van der Waals surface area contributed by atoms with Gasteiger partial charge in [0.05, 0.1) is 0 Å². The van der Waals surface area contributed by atoms with Crippen molar-refractivity contribution in [2.24, 2.45) is 0 Å². The molecule has 4 aromatic rings. The fourth-order valence-corrected chi connectivity index (χ4v) is 12.5. The molecule has 2 atom stereocenters. The molecule has 0 aliphatic heterocycles. The second kappa shape index (κ2) is 10.5. The molecule has 2 unspecified atom stereocenters. The van der Waals surface area contributed by atoms with E-state index in [1.807, 2.05) is 9.13 Å². The van der Waals surface area contributed by atoms with Crippen molar-refractivity contribution >= 4 is 26.3 Å². The maximum absolute atomic E-state index is 14.6. The summed E-state index contributed by atoms with van der Waals surface area (Å²) in [5, 5.41) is 0. The van der Waals surface area contributed by atoms with Gasteiger partial charge in [-0.3, -0.25) is 0 Å². The third kappa shape index (κ3) is 5.70. The van der Waals surface area contributed by atoms with E-state index in [9.17, 15) is 17.6 Å². The molecule has 2 aromatic heterocycles. The Bertz CT molecular complexity index is 1060. The summed E-state index contributed by atoms with van der Waals surface area (Å²) in [4.78, 5) is 7.68. The molecule has 0 saturated heterocycles. The minimum absolute atomic E-state index is 0.137. The number of hydrogen-bond acceptors (Lipinski definition) is 2. The Labute approximate surface area is 193 Å². The van der Waals surface area contributed by atoms with Gasteiger partial charge >= 0.3 is 194 Å². The van der Waals surface area contributed by atoms with E-state index in [1.54, 1.807) is 37.4 Å². The standard InChI is InChI=1S/C22H18F4N4Se2/c23-15-1-3-17(19(25)9-15)21(11-29-7-5-27-13-29)31-32-22(12-30-8-6-28-14-30)18-4-2-16(24)10-20(18)26/h1-10,13-14,21-22H,11-12H2. The van der Waals surface area contributed by atoms with E-state index < -0.39 is 23.3 Å². The molecule has 4 nitrogen and oxygen atoms in total. The van der Waals surface area contributed by atoms with Crippen molar-refractivity contribution in [3.63, 3.8) is 0 Å². The van der Waals surface area contributed by atoms with Crippen LogP contribution in [0.4, 0.5) is 17.6 Å². The summed E-state index contributed by atoms with van der Waals surface area (Å²) < 4.78 is 59.9. The monoisotopic (exact) mass is 574 g/mol. The Kier molecular flexibility index (Phi) is 7.47. The molecule has 0 N–H and O–H groups in total. The summed E-state index contributed by atoms with van der Waals surface area (Å²) in [7, 11) is 0. The predicted molar refractivity (Wildman–Crippen MR) is 114 cm³/mol. The maximum atomic E-state index is 14.6. The van der Waals surface area contributed by atoms with E-state index in [-0.39, 0.29) is 35.9 Å². The molecule has 10 heteroatoms. The van der Waals surface area contributed by atoms with Crippen LogP contribution in [-0.2, 0) is 13.1 Å². The number of aromatic nitrogens is 4. The fourth-order valence-electron chi connectivity index (χ4n) is 3.19. The summed E-state index contributed by atoms with van der Waals surface area (Å²) in [5.41, 5.74) is 0.867. The van der Waals surface area contributed by atoms with Crippen LogP contribution in [0.1, 0.15) is 20.8 Å². The molecule has 2 aromatic carbocycles. The number of rotatable bonds is 9. The van der Waals surface area contributed by atoms with Gasteiger partial charge in [0.2, 0.25) is 0 Å². The SMILES string of the molecule is Fc1ccc(C(Cn2ccnc2)[Se][Se]C(Cn2ccnc2)c2ccc(F)cc2F)c(F)c1. The molecular formula is C22H18F4N4Se2. The molecular weight excluding hydrogens is 554 g/mol. The molecule has 0 aliphatic carbocycles. The van der Waals surface area contributed by atoms with Crippen LogP contribution in [0, 0.1) is 23.3 Å². The van der Waals surface area contributed by atoms with Gasteiger partial charge in [-0.1, -0.05) is 0 Å². The molecule has 0 fully saturated rings. The Balaban J connectivity index is 1.61.